The third kappa shape index (κ3) is 12.8. The largest absolute Gasteiger partial charge is 0.316 e. The van der Waals surface area contributed by atoms with E-state index in [-0.39, 0.29) is 11.0 Å². The van der Waals surface area contributed by atoms with E-state index in [0.717, 1.165) is 23.4 Å². The lowest BCUT2D eigenvalue weighted by Gasteiger charge is -2.56. The Balaban J connectivity index is 1.32. The Labute approximate surface area is 376 Å². The molecule has 0 aliphatic heterocycles. The van der Waals surface area contributed by atoms with Crippen molar-refractivity contribution in [2.24, 2.45) is 23.7 Å². The van der Waals surface area contributed by atoms with Crippen molar-refractivity contribution in [2.75, 3.05) is 0 Å². The van der Waals surface area contributed by atoms with Crippen molar-refractivity contribution in [3.05, 3.63) is 53.1 Å². The average molecular weight is 841 g/mol. The van der Waals surface area contributed by atoms with Crippen molar-refractivity contribution in [1.82, 2.24) is 4.57 Å². The zero-order valence-electron chi connectivity index (χ0n) is 41.8. The molecule has 1 aromatic rings. The molecule has 2 fully saturated rings. The smallest absolute Gasteiger partial charge is 0.127 e. The number of benzene rings is 1. The summed E-state index contributed by atoms with van der Waals surface area (Å²) < 4.78 is 3.20. The molecule has 0 saturated heterocycles. The first-order valence-corrected chi connectivity index (χ1v) is 30.3. The molecule has 2 saturated carbocycles. The van der Waals surface area contributed by atoms with Crippen LogP contribution in [-0.4, -0.2) is 24.4 Å². The minimum Gasteiger partial charge on any atom is -0.316 e. The van der Waals surface area contributed by atoms with Gasteiger partial charge in [-0.15, -0.1) is 0 Å². The van der Waals surface area contributed by atoms with Gasteiger partial charge in [0.25, 0.3) is 0 Å². The molecule has 5 unspecified atom stereocenters. The molecule has 2 heteroatoms. The summed E-state index contributed by atoms with van der Waals surface area (Å²) in [5.74, 6) is 2.86. The highest BCUT2D eigenvalue weighted by Crippen LogP contribution is 2.64. The van der Waals surface area contributed by atoms with E-state index >= 15 is 0 Å². The van der Waals surface area contributed by atoms with E-state index in [0.29, 0.717) is 11.8 Å². The molecule has 1 nitrogen and oxygen atoms in total. The first-order valence-electron chi connectivity index (χ1n) is 27.3. The van der Waals surface area contributed by atoms with E-state index in [1.807, 2.05) is 0 Å². The van der Waals surface area contributed by atoms with E-state index in [9.17, 15) is 0 Å². The third-order valence-corrected chi connectivity index (χ3v) is 22.0. The first-order chi connectivity index (χ1) is 29.0. The monoisotopic (exact) mass is 840 g/mol. The van der Waals surface area contributed by atoms with Crippen LogP contribution in [0.15, 0.2) is 42.0 Å². The van der Waals surface area contributed by atoms with Crippen LogP contribution in [0.25, 0.3) is 5.57 Å². The van der Waals surface area contributed by atoms with Crippen LogP contribution in [-0.2, 0) is 5.41 Å². The predicted molar refractivity (Wildman–Crippen MR) is 271 cm³/mol. The molecule has 4 aliphatic rings. The van der Waals surface area contributed by atoms with E-state index in [1.54, 1.807) is 22.3 Å². The van der Waals surface area contributed by atoms with Crippen LogP contribution < -0.4 is 0 Å². The lowest BCUT2D eigenvalue weighted by atomic mass is 9.67. The van der Waals surface area contributed by atoms with Crippen LogP contribution in [0, 0.1) is 23.7 Å². The van der Waals surface area contributed by atoms with Gasteiger partial charge in [0.1, 0.15) is 8.24 Å². The van der Waals surface area contributed by atoms with E-state index in [4.69, 9.17) is 0 Å². The quantitative estimate of drug-likeness (QED) is 0.0574. The second kappa shape index (κ2) is 24.8. The Kier molecular flexibility index (Phi) is 20.6. The van der Waals surface area contributed by atoms with Crippen molar-refractivity contribution >= 4 is 13.8 Å². The SMILES string of the molecule is CCCCCCCCCCCCCCC1(CCCCCCCCCCCCCC)C2=CC3C(C)C(C)C([Si](C)(C)N(C4CCCCC4)C(C)(C)C)C3C=C2c2ccccc21. The van der Waals surface area contributed by atoms with Crippen LogP contribution in [0.3, 0.4) is 0 Å². The maximum Gasteiger partial charge on any atom is 0.127 e. The molecule has 1 aromatic carbocycles. The molecule has 5 atom stereocenters. The summed E-state index contributed by atoms with van der Waals surface area (Å²) in [4.78, 5) is 0. The second-order valence-electron chi connectivity index (χ2n) is 23.0. The van der Waals surface area contributed by atoms with Gasteiger partial charge in [-0.1, -0.05) is 251 Å². The van der Waals surface area contributed by atoms with Crippen LogP contribution in [0.1, 0.15) is 259 Å². The molecule has 0 heterocycles. The number of hydrogen-bond donors (Lipinski definition) is 0. The lowest BCUT2D eigenvalue weighted by Crippen LogP contribution is -2.65. The maximum absolute atomic E-state index is 3.20. The summed E-state index contributed by atoms with van der Waals surface area (Å²) in [6.45, 7) is 23.3. The van der Waals surface area contributed by atoms with Gasteiger partial charge in [-0.25, -0.2) is 0 Å². The molecule has 5 rings (SSSR count). The summed E-state index contributed by atoms with van der Waals surface area (Å²) in [7, 11) is -1.85. The van der Waals surface area contributed by atoms with Gasteiger partial charge in [0.15, 0.2) is 0 Å². The number of hydrogen-bond acceptors (Lipinski definition) is 1. The fraction of sp³-hybridized carbons (Fsp3) is 0.828. The molecular formula is C58H101NSi. The number of allylic oxidation sites excluding steroid dienone is 4. The van der Waals surface area contributed by atoms with Gasteiger partial charge in [-0.3, -0.25) is 0 Å². The highest BCUT2D eigenvalue weighted by atomic mass is 28.3. The molecule has 0 spiro atoms. The molecule has 0 bridgehead atoms. The summed E-state index contributed by atoms with van der Waals surface area (Å²) in [6, 6.07) is 10.7. The van der Waals surface area contributed by atoms with Gasteiger partial charge in [-0.2, -0.15) is 0 Å². The minimum atomic E-state index is -1.85. The van der Waals surface area contributed by atoms with Gasteiger partial charge in [0, 0.05) is 17.0 Å². The number of nitrogens with zero attached hydrogens (tertiary/aromatic N) is 1. The molecule has 0 amide bonds. The van der Waals surface area contributed by atoms with Crippen LogP contribution >= 0.6 is 0 Å². The van der Waals surface area contributed by atoms with E-state index in [2.05, 4.69) is 103 Å². The van der Waals surface area contributed by atoms with Crippen molar-refractivity contribution in [3.8, 4) is 0 Å². The Morgan fingerprint density at radius 3 is 1.48 bits per heavy atom. The maximum atomic E-state index is 3.20. The van der Waals surface area contributed by atoms with E-state index < -0.39 is 8.24 Å². The van der Waals surface area contributed by atoms with Crippen LogP contribution in [0.4, 0.5) is 0 Å². The Hall–Kier alpha value is -1.12. The summed E-state index contributed by atoms with van der Waals surface area (Å²) in [5.41, 5.74) is 8.01. The van der Waals surface area contributed by atoms with E-state index in [1.165, 1.54) is 199 Å². The van der Waals surface area contributed by atoms with Crippen molar-refractivity contribution in [2.45, 2.75) is 283 Å². The molecule has 4 aliphatic carbocycles. The Bertz CT molecular complexity index is 1390. The number of unbranched alkanes of at least 4 members (excludes halogenated alkanes) is 22. The lowest BCUT2D eigenvalue weighted by molar-refractivity contribution is 0.138. The highest BCUT2D eigenvalue weighted by molar-refractivity contribution is 6.76. The van der Waals surface area contributed by atoms with Gasteiger partial charge >= 0.3 is 0 Å². The van der Waals surface area contributed by atoms with Crippen molar-refractivity contribution in [1.29, 1.82) is 0 Å². The number of rotatable bonds is 29. The fourth-order valence-corrected chi connectivity index (χ4v) is 20.4. The average Bonchev–Trinajstić information content (AvgIpc) is 3.64. The standard InChI is InChI=1S/C58H101NSi/c1-10-12-14-16-18-20-22-24-26-28-30-37-43-58(44-38-31-29-27-25-23-21-19-17-15-13-11-2)54-42-36-35-41-50(54)52-45-53-51(46-55(52)58)47(3)48(4)56(53)60(8,9)59(57(5,6)7)49-39-33-32-34-40-49/h35-36,41-42,45-49,51,53,56H,10-34,37-40,43-44H2,1-9H3. The first kappa shape index (κ1) is 49.9. The summed E-state index contributed by atoms with van der Waals surface area (Å²) >= 11 is 0. The zero-order chi connectivity index (χ0) is 43.0. The van der Waals surface area contributed by atoms with Crippen molar-refractivity contribution in [3.63, 3.8) is 0 Å². The van der Waals surface area contributed by atoms with Crippen molar-refractivity contribution < 1.29 is 0 Å². The van der Waals surface area contributed by atoms with Crippen LogP contribution in [0.5, 0.6) is 0 Å². The van der Waals surface area contributed by atoms with Gasteiger partial charge < -0.3 is 4.57 Å². The van der Waals surface area contributed by atoms with Gasteiger partial charge in [0.05, 0.1) is 0 Å². The Morgan fingerprint density at radius 1 is 0.567 bits per heavy atom. The fourth-order valence-electron chi connectivity index (χ4n) is 14.3. The predicted octanol–water partition coefficient (Wildman–Crippen LogP) is 19.0. The van der Waals surface area contributed by atoms with Gasteiger partial charge in [-0.05, 0) is 97.9 Å². The Morgan fingerprint density at radius 2 is 1.02 bits per heavy atom. The highest BCUT2D eigenvalue weighted by Gasteiger charge is 2.58. The molecule has 342 valence electrons. The second-order valence-corrected chi connectivity index (χ2v) is 27.4. The van der Waals surface area contributed by atoms with Gasteiger partial charge in [0.2, 0.25) is 0 Å². The molecule has 0 aromatic heterocycles. The molecule has 0 radical (unpaired) electrons. The molecule has 0 N–H and O–H groups in total. The minimum absolute atomic E-state index is 0.206. The zero-order valence-corrected chi connectivity index (χ0v) is 42.8. The summed E-state index contributed by atoms with van der Waals surface area (Å²) in [5, 5.41) is 0. The number of fused-ring (bicyclic) bond motifs is 4. The topological polar surface area (TPSA) is 3.24 Å². The molecule has 60 heavy (non-hydrogen) atoms. The third-order valence-electron chi connectivity index (χ3n) is 17.1. The summed E-state index contributed by atoms with van der Waals surface area (Å²) in [6.07, 6.45) is 50.1. The van der Waals surface area contributed by atoms with Crippen LogP contribution in [0.2, 0.25) is 18.6 Å². The molecular weight excluding hydrogens is 739 g/mol. The normalized spacial score (nSPS) is 24.1.